The summed E-state index contributed by atoms with van der Waals surface area (Å²) >= 11 is 3.39. The predicted molar refractivity (Wildman–Crippen MR) is 79.4 cm³/mol. The van der Waals surface area contributed by atoms with Gasteiger partial charge in [-0.25, -0.2) is 0 Å². The van der Waals surface area contributed by atoms with Gasteiger partial charge in [-0.1, -0.05) is 22.0 Å². The van der Waals surface area contributed by atoms with Crippen molar-refractivity contribution in [1.82, 2.24) is 10.6 Å². The van der Waals surface area contributed by atoms with Crippen molar-refractivity contribution in [2.75, 3.05) is 19.6 Å². The maximum Gasteiger partial charge on any atom is 0.251 e. The second kappa shape index (κ2) is 7.12. The van der Waals surface area contributed by atoms with Crippen LogP contribution in [-0.2, 0) is 0 Å². The zero-order valence-electron chi connectivity index (χ0n) is 10.3. The monoisotopic (exact) mass is 332 g/mol. The predicted octanol–water partition coefficient (Wildman–Crippen LogP) is 2.52. The minimum Gasteiger partial charge on any atom is -0.352 e. The summed E-state index contributed by atoms with van der Waals surface area (Å²) in [4.78, 5) is 12.0. The van der Waals surface area contributed by atoms with Crippen molar-refractivity contribution in [1.29, 1.82) is 0 Å². The van der Waals surface area contributed by atoms with Crippen molar-refractivity contribution in [3.05, 3.63) is 33.8 Å². The van der Waals surface area contributed by atoms with E-state index in [-0.39, 0.29) is 18.3 Å². The maximum atomic E-state index is 12.0. The van der Waals surface area contributed by atoms with Gasteiger partial charge in [-0.2, -0.15) is 0 Å². The summed E-state index contributed by atoms with van der Waals surface area (Å²) < 4.78 is 0.941. The van der Waals surface area contributed by atoms with Gasteiger partial charge in [0.2, 0.25) is 0 Å². The van der Waals surface area contributed by atoms with Gasteiger partial charge in [-0.05, 0) is 50.0 Å². The van der Waals surface area contributed by atoms with Crippen LogP contribution in [0.4, 0.5) is 0 Å². The molecule has 1 fully saturated rings. The van der Waals surface area contributed by atoms with E-state index in [9.17, 15) is 4.79 Å². The summed E-state index contributed by atoms with van der Waals surface area (Å²) in [5, 5.41) is 6.31. The summed E-state index contributed by atoms with van der Waals surface area (Å²) in [6.45, 7) is 4.80. The minimum absolute atomic E-state index is 0. The van der Waals surface area contributed by atoms with Crippen LogP contribution in [0.5, 0.6) is 0 Å². The van der Waals surface area contributed by atoms with Crippen LogP contribution in [0.15, 0.2) is 22.7 Å². The SMILES string of the molecule is Cc1ccc(Br)cc1C(=O)NCC1CCNC1.Cl. The van der Waals surface area contributed by atoms with E-state index in [1.807, 2.05) is 25.1 Å². The summed E-state index contributed by atoms with van der Waals surface area (Å²) in [5.41, 5.74) is 1.76. The van der Waals surface area contributed by atoms with Gasteiger partial charge >= 0.3 is 0 Å². The Morgan fingerprint density at radius 1 is 1.56 bits per heavy atom. The van der Waals surface area contributed by atoms with Gasteiger partial charge in [-0.3, -0.25) is 4.79 Å². The number of rotatable bonds is 3. The molecule has 0 aliphatic carbocycles. The first-order valence-electron chi connectivity index (χ1n) is 5.92. The third-order valence-electron chi connectivity index (χ3n) is 3.16. The van der Waals surface area contributed by atoms with Crippen LogP contribution in [0.1, 0.15) is 22.3 Å². The van der Waals surface area contributed by atoms with E-state index in [4.69, 9.17) is 0 Å². The fourth-order valence-electron chi connectivity index (χ4n) is 2.06. The molecule has 18 heavy (non-hydrogen) atoms. The molecule has 0 aromatic heterocycles. The van der Waals surface area contributed by atoms with Crippen molar-refractivity contribution in [2.24, 2.45) is 5.92 Å². The van der Waals surface area contributed by atoms with Crippen molar-refractivity contribution >= 4 is 34.2 Å². The maximum absolute atomic E-state index is 12.0. The standard InChI is InChI=1S/C13H17BrN2O.ClH/c1-9-2-3-11(14)6-12(9)13(17)16-8-10-4-5-15-7-10;/h2-3,6,10,15H,4-5,7-8H2,1H3,(H,16,17);1H. The molecule has 3 nitrogen and oxygen atoms in total. The van der Waals surface area contributed by atoms with E-state index in [1.54, 1.807) is 0 Å². The molecule has 1 saturated heterocycles. The molecular weight excluding hydrogens is 316 g/mol. The highest BCUT2D eigenvalue weighted by Gasteiger charge is 2.16. The highest BCUT2D eigenvalue weighted by atomic mass is 79.9. The Bertz CT molecular complexity index is 419. The number of benzene rings is 1. The van der Waals surface area contributed by atoms with E-state index in [0.29, 0.717) is 5.92 Å². The molecule has 100 valence electrons. The Morgan fingerprint density at radius 3 is 3.00 bits per heavy atom. The molecule has 1 unspecified atom stereocenters. The highest BCUT2D eigenvalue weighted by Crippen LogP contribution is 2.16. The van der Waals surface area contributed by atoms with E-state index >= 15 is 0 Å². The zero-order valence-corrected chi connectivity index (χ0v) is 12.7. The lowest BCUT2D eigenvalue weighted by Gasteiger charge is -2.11. The van der Waals surface area contributed by atoms with Crippen molar-refractivity contribution in [2.45, 2.75) is 13.3 Å². The lowest BCUT2D eigenvalue weighted by atomic mass is 10.1. The molecule has 2 N–H and O–H groups in total. The summed E-state index contributed by atoms with van der Waals surface area (Å²) in [6, 6.07) is 5.78. The van der Waals surface area contributed by atoms with Crippen molar-refractivity contribution < 1.29 is 4.79 Å². The van der Waals surface area contributed by atoms with E-state index in [0.717, 1.165) is 41.7 Å². The molecule has 1 amide bonds. The number of halogens is 2. The molecule has 1 heterocycles. The average Bonchev–Trinajstić information content (AvgIpc) is 2.82. The number of aryl methyl sites for hydroxylation is 1. The number of hydrogen-bond acceptors (Lipinski definition) is 2. The van der Waals surface area contributed by atoms with Crippen LogP contribution in [0, 0.1) is 12.8 Å². The molecular formula is C13H18BrClN2O. The van der Waals surface area contributed by atoms with Crippen molar-refractivity contribution in [3.63, 3.8) is 0 Å². The third kappa shape index (κ3) is 3.97. The topological polar surface area (TPSA) is 41.1 Å². The minimum atomic E-state index is 0. The van der Waals surface area contributed by atoms with Crippen LogP contribution < -0.4 is 10.6 Å². The molecule has 1 aromatic carbocycles. The lowest BCUT2D eigenvalue weighted by molar-refractivity contribution is 0.0947. The molecule has 2 rings (SSSR count). The first-order chi connectivity index (χ1) is 8.16. The van der Waals surface area contributed by atoms with Crippen LogP contribution in [0.2, 0.25) is 0 Å². The van der Waals surface area contributed by atoms with Gasteiger partial charge in [0.25, 0.3) is 5.91 Å². The Hall–Kier alpha value is -0.580. The Labute approximate surface area is 122 Å². The van der Waals surface area contributed by atoms with E-state index in [1.165, 1.54) is 0 Å². The molecule has 0 saturated carbocycles. The molecule has 1 aliphatic rings. The Balaban J connectivity index is 0.00000162. The van der Waals surface area contributed by atoms with Crippen LogP contribution >= 0.6 is 28.3 Å². The van der Waals surface area contributed by atoms with Crippen molar-refractivity contribution in [3.8, 4) is 0 Å². The second-order valence-corrected chi connectivity index (χ2v) is 5.44. The molecule has 0 bridgehead atoms. The zero-order chi connectivity index (χ0) is 12.3. The van der Waals surface area contributed by atoms with Gasteiger partial charge in [0.15, 0.2) is 0 Å². The fourth-order valence-corrected chi connectivity index (χ4v) is 2.42. The number of carbonyl (C=O) groups excluding carboxylic acids is 1. The Morgan fingerprint density at radius 2 is 2.33 bits per heavy atom. The first-order valence-corrected chi connectivity index (χ1v) is 6.71. The quantitative estimate of drug-likeness (QED) is 0.892. The molecule has 1 aromatic rings. The van der Waals surface area contributed by atoms with E-state index < -0.39 is 0 Å². The fraction of sp³-hybridized carbons (Fsp3) is 0.462. The summed E-state index contributed by atoms with van der Waals surface area (Å²) in [7, 11) is 0. The van der Waals surface area contributed by atoms with Crippen LogP contribution in [0.3, 0.4) is 0 Å². The van der Waals surface area contributed by atoms with Gasteiger partial charge in [0.05, 0.1) is 0 Å². The third-order valence-corrected chi connectivity index (χ3v) is 3.65. The van der Waals surface area contributed by atoms with Crippen LogP contribution in [0.25, 0.3) is 0 Å². The molecule has 0 spiro atoms. The number of nitrogens with one attached hydrogen (secondary N) is 2. The first kappa shape index (κ1) is 15.5. The Kier molecular flexibility index (Phi) is 6.12. The summed E-state index contributed by atoms with van der Waals surface area (Å²) in [5.74, 6) is 0.599. The van der Waals surface area contributed by atoms with Gasteiger partial charge in [-0.15, -0.1) is 12.4 Å². The van der Waals surface area contributed by atoms with Gasteiger partial charge < -0.3 is 10.6 Å². The van der Waals surface area contributed by atoms with Gasteiger partial charge in [0.1, 0.15) is 0 Å². The van der Waals surface area contributed by atoms with Gasteiger partial charge in [0, 0.05) is 16.6 Å². The molecule has 5 heteroatoms. The number of hydrogen-bond donors (Lipinski definition) is 2. The molecule has 1 atom stereocenters. The molecule has 1 aliphatic heterocycles. The van der Waals surface area contributed by atoms with E-state index in [2.05, 4.69) is 26.6 Å². The number of amides is 1. The summed E-state index contributed by atoms with van der Waals surface area (Å²) in [6.07, 6.45) is 1.15. The largest absolute Gasteiger partial charge is 0.352 e. The smallest absolute Gasteiger partial charge is 0.251 e. The normalized spacial score (nSPS) is 18.2. The number of carbonyl (C=O) groups is 1. The van der Waals surface area contributed by atoms with Crippen LogP contribution in [-0.4, -0.2) is 25.5 Å². The second-order valence-electron chi connectivity index (χ2n) is 4.53. The highest BCUT2D eigenvalue weighted by molar-refractivity contribution is 9.10. The lowest BCUT2D eigenvalue weighted by Crippen LogP contribution is -2.30. The molecule has 0 radical (unpaired) electrons. The average molecular weight is 334 g/mol.